The summed E-state index contributed by atoms with van der Waals surface area (Å²) >= 11 is 12.1. The van der Waals surface area contributed by atoms with Gasteiger partial charge in [-0.15, -0.1) is 0 Å². The molecule has 1 aromatic rings. The van der Waals surface area contributed by atoms with Crippen molar-refractivity contribution in [3.05, 3.63) is 33.8 Å². The summed E-state index contributed by atoms with van der Waals surface area (Å²) in [6, 6.07) is 5.90. The molecule has 0 spiro atoms. The molecule has 0 aliphatic rings. The van der Waals surface area contributed by atoms with E-state index in [9.17, 15) is 0 Å². The van der Waals surface area contributed by atoms with E-state index in [2.05, 4.69) is 26.1 Å². The Kier molecular flexibility index (Phi) is 7.77. The van der Waals surface area contributed by atoms with E-state index in [0.717, 1.165) is 36.8 Å². The summed E-state index contributed by atoms with van der Waals surface area (Å²) in [6.45, 7) is 8.79. The van der Waals surface area contributed by atoms with Gasteiger partial charge in [0.05, 0.1) is 6.61 Å². The largest absolute Gasteiger partial charge is 0.380 e. The molecule has 0 radical (unpaired) electrons. The number of ether oxygens (including phenoxy) is 1. The molecule has 0 saturated heterocycles. The van der Waals surface area contributed by atoms with E-state index in [-0.39, 0.29) is 6.04 Å². The minimum absolute atomic E-state index is 0.243. The highest BCUT2D eigenvalue weighted by Gasteiger charge is 2.12. The molecule has 0 aliphatic heterocycles. The zero-order chi connectivity index (χ0) is 14.3. The van der Waals surface area contributed by atoms with E-state index in [1.54, 1.807) is 6.07 Å². The first-order valence-electron chi connectivity index (χ1n) is 6.80. The molecular formula is C15H23Cl2NO. The third-order valence-corrected chi connectivity index (χ3v) is 3.40. The summed E-state index contributed by atoms with van der Waals surface area (Å²) in [6.07, 6.45) is 0.978. The van der Waals surface area contributed by atoms with Crippen molar-refractivity contribution in [2.24, 2.45) is 5.92 Å². The lowest BCUT2D eigenvalue weighted by molar-refractivity contribution is 0.110. The van der Waals surface area contributed by atoms with Crippen LogP contribution in [0.1, 0.15) is 38.8 Å². The lowest BCUT2D eigenvalue weighted by Crippen LogP contribution is -2.25. The number of hydrogen-bond donors (Lipinski definition) is 1. The zero-order valence-corrected chi connectivity index (χ0v) is 13.4. The van der Waals surface area contributed by atoms with Gasteiger partial charge in [0, 0.05) is 29.2 Å². The molecule has 0 aromatic heterocycles. The molecule has 0 aliphatic carbocycles. The first-order valence-corrected chi connectivity index (χ1v) is 7.56. The molecule has 0 fully saturated rings. The van der Waals surface area contributed by atoms with Crippen molar-refractivity contribution in [2.75, 3.05) is 19.8 Å². The maximum atomic E-state index is 6.23. The third kappa shape index (κ3) is 6.13. The van der Waals surface area contributed by atoms with Crippen molar-refractivity contribution in [1.29, 1.82) is 0 Å². The molecule has 1 atom stereocenters. The SMILES string of the molecule is CCC(NCCOCC(C)C)c1ccc(Cl)cc1Cl. The summed E-state index contributed by atoms with van der Waals surface area (Å²) in [4.78, 5) is 0. The topological polar surface area (TPSA) is 21.3 Å². The van der Waals surface area contributed by atoms with Crippen molar-refractivity contribution in [3.8, 4) is 0 Å². The molecule has 0 saturated carbocycles. The molecule has 2 nitrogen and oxygen atoms in total. The molecule has 0 bridgehead atoms. The molecule has 4 heteroatoms. The molecule has 1 N–H and O–H groups in total. The Morgan fingerprint density at radius 1 is 1.26 bits per heavy atom. The lowest BCUT2D eigenvalue weighted by atomic mass is 10.0. The van der Waals surface area contributed by atoms with Crippen molar-refractivity contribution < 1.29 is 4.74 Å². The molecule has 0 heterocycles. The van der Waals surface area contributed by atoms with Gasteiger partial charge in [0.15, 0.2) is 0 Å². The van der Waals surface area contributed by atoms with Crippen LogP contribution in [0.25, 0.3) is 0 Å². The monoisotopic (exact) mass is 303 g/mol. The third-order valence-electron chi connectivity index (χ3n) is 2.83. The van der Waals surface area contributed by atoms with E-state index in [4.69, 9.17) is 27.9 Å². The Morgan fingerprint density at radius 2 is 2.00 bits per heavy atom. The molecular weight excluding hydrogens is 281 g/mol. The van der Waals surface area contributed by atoms with Crippen LogP contribution < -0.4 is 5.32 Å². The van der Waals surface area contributed by atoms with Gasteiger partial charge in [0.25, 0.3) is 0 Å². The normalized spacial score (nSPS) is 12.9. The number of rotatable bonds is 8. The minimum atomic E-state index is 0.243. The van der Waals surface area contributed by atoms with Crippen molar-refractivity contribution in [2.45, 2.75) is 33.2 Å². The van der Waals surface area contributed by atoms with Gasteiger partial charge in [0.2, 0.25) is 0 Å². The van der Waals surface area contributed by atoms with Crippen LogP contribution in [0, 0.1) is 5.92 Å². The molecule has 1 rings (SSSR count). The molecule has 19 heavy (non-hydrogen) atoms. The van der Waals surface area contributed by atoms with Crippen molar-refractivity contribution in [1.82, 2.24) is 5.32 Å². The van der Waals surface area contributed by atoms with Gasteiger partial charge in [-0.05, 0) is 30.0 Å². The minimum Gasteiger partial charge on any atom is -0.380 e. The predicted octanol–water partition coefficient (Wildman–Crippen LogP) is 4.71. The van der Waals surface area contributed by atoms with Crippen LogP contribution in [0.2, 0.25) is 10.0 Å². The smallest absolute Gasteiger partial charge is 0.0591 e. The Morgan fingerprint density at radius 3 is 2.58 bits per heavy atom. The highest BCUT2D eigenvalue weighted by atomic mass is 35.5. The van der Waals surface area contributed by atoms with Crippen LogP contribution in [-0.2, 0) is 4.74 Å². The fourth-order valence-corrected chi connectivity index (χ4v) is 2.42. The second-order valence-electron chi connectivity index (χ2n) is 5.05. The molecule has 0 amide bonds. The lowest BCUT2D eigenvalue weighted by Gasteiger charge is -2.19. The molecule has 1 aromatic carbocycles. The summed E-state index contributed by atoms with van der Waals surface area (Å²) < 4.78 is 5.56. The number of nitrogens with one attached hydrogen (secondary N) is 1. The highest BCUT2D eigenvalue weighted by Crippen LogP contribution is 2.27. The maximum absolute atomic E-state index is 6.23. The van der Waals surface area contributed by atoms with Gasteiger partial charge in [-0.2, -0.15) is 0 Å². The van der Waals surface area contributed by atoms with Gasteiger partial charge in [-0.3, -0.25) is 0 Å². The fraction of sp³-hybridized carbons (Fsp3) is 0.600. The van der Waals surface area contributed by atoms with Gasteiger partial charge in [-0.1, -0.05) is 50.0 Å². The summed E-state index contributed by atoms with van der Waals surface area (Å²) in [5, 5.41) is 4.85. The van der Waals surface area contributed by atoms with E-state index in [1.807, 2.05) is 12.1 Å². The summed E-state index contributed by atoms with van der Waals surface area (Å²) in [5.74, 6) is 0.577. The Labute approximate surface area is 126 Å². The second-order valence-corrected chi connectivity index (χ2v) is 5.89. The maximum Gasteiger partial charge on any atom is 0.0591 e. The van der Waals surface area contributed by atoms with Crippen molar-refractivity contribution in [3.63, 3.8) is 0 Å². The standard InChI is InChI=1S/C15H23Cl2NO/c1-4-15(18-7-8-19-10-11(2)3)13-6-5-12(16)9-14(13)17/h5-6,9,11,15,18H,4,7-8,10H2,1-3H3. The summed E-state index contributed by atoms with van der Waals surface area (Å²) in [5.41, 5.74) is 1.09. The second kappa shape index (κ2) is 8.80. The molecule has 108 valence electrons. The van der Waals surface area contributed by atoms with E-state index < -0.39 is 0 Å². The fourth-order valence-electron chi connectivity index (χ4n) is 1.88. The number of benzene rings is 1. The molecule has 1 unspecified atom stereocenters. The van der Waals surface area contributed by atoms with Crippen LogP contribution in [0.5, 0.6) is 0 Å². The average Bonchev–Trinajstić information content (AvgIpc) is 2.34. The van der Waals surface area contributed by atoms with Gasteiger partial charge in [0.1, 0.15) is 0 Å². The van der Waals surface area contributed by atoms with Crippen LogP contribution >= 0.6 is 23.2 Å². The zero-order valence-electron chi connectivity index (χ0n) is 11.9. The van der Waals surface area contributed by atoms with E-state index in [0.29, 0.717) is 10.9 Å². The first-order chi connectivity index (χ1) is 9.04. The Balaban J connectivity index is 2.45. The van der Waals surface area contributed by atoms with Crippen molar-refractivity contribution >= 4 is 23.2 Å². The van der Waals surface area contributed by atoms with E-state index >= 15 is 0 Å². The van der Waals surface area contributed by atoms with Crippen LogP contribution in [0.15, 0.2) is 18.2 Å². The van der Waals surface area contributed by atoms with Crippen LogP contribution in [0.3, 0.4) is 0 Å². The highest BCUT2D eigenvalue weighted by molar-refractivity contribution is 6.35. The van der Waals surface area contributed by atoms with E-state index in [1.165, 1.54) is 0 Å². The van der Waals surface area contributed by atoms with Crippen LogP contribution in [-0.4, -0.2) is 19.8 Å². The van der Waals surface area contributed by atoms with Gasteiger partial charge >= 0.3 is 0 Å². The predicted molar refractivity (Wildman–Crippen MR) is 83.2 cm³/mol. The Hall–Kier alpha value is -0.280. The Bertz CT molecular complexity index is 382. The average molecular weight is 304 g/mol. The van der Waals surface area contributed by atoms with Gasteiger partial charge in [-0.25, -0.2) is 0 Å². The quantitative estimate of drug-likeness (QED) is 0.702. The first kappa shape index (κ1) is 16.8. The number of hydrogen-bond acceptors (Lipinski definition) is 2. The van der Waals surface area contributed by atoms with Crippen LogP contribution in [0.4, 0.5) is 0 Å². The number of halogens is 2. The van der Waals surface area contributed by atoms with Gasteiger partial charge < -0.3 is 10.1 Å². The summed E-state index contributed by atoms with van der Waals surface area (Å²) in [7, 11) is 0.